The highest BCUT2D eigenvalue weighted by molar-refractivity contribution is 5.75. The van der Waals surface area contributed by atoms with Gasteiger partial charge >= 0.3 is 0 Å². The third-order valence-electron chi connectivity index (χ3n) is 1.78. The summed E-state index contributed by atoms with van der Waals surface area (Å²) in [7, 11) is 0. The lowest BCUT2D eigenvalue weighted by atomic mass is 9.96. The van der Waals surface area contributed by atoms with E-state index in [2.05, 4.69) is 27.7 Å². The highest BCUT2D eigenvalue weighted by atomic mass is 27.0. The Morgan fingerprint density at radius 2 is 1.50 bits per heavy atom. The molecule has 1 unspecified atom stereocenters. The molecule has 0 saturated carbocycles. The topological polar surface area (TPSA) is 0 Å². The van der Waals surface area contributed by atoms with Crippen LogP contribution in [-0.4, -0.2) is 17.4 Å². The predicted octanol–water partition coefficient (Wildman–Crippen LogP) is 1.50. The molecule has 0 N–H and O–H groups in total. The van der Waals surface area contributed by atoms with Crippen molar-refractivity contribution in [2.24, 2.45) is 11.8 Å². The second-order valence-electron chi connectivity index (χ2n) is 2.63. The minimum atomic E-state index is 0. The van der Waals surface area contributed by atoms with Gasteiger partial charge in [0.25, 0.3) is 0 Å². The van der Waals surface area contributed by atoms with Crippen molar-refractivity contribution in [3.63, 3.8) is 0 Å². The molecule has 0 radical (unpaired) electrons. The fraction of sp³-hybridized carbons (Fsp3) is 1.00. The maximum absolute atomic E-state index is 2.30. The van der Waals surface area contributed by atoms with Crippen molar-refractivity contribution in [1.82, 2.24) is 0 Å². The van der Waals surface area contributed by atoms with Gasteiger partial charge in [0, 0.05) is 0 Å². The third kappa shape index (κ3) is 4.69. The summed E-state index contributed by atoms with van der Waals surface area (Å²) >= 11 is 0. The summed E-state index contributed by atoms with van der Waals surface area (Å²) in [4.78, 5) is 0. The van der Waals surface area contributed by atoms with E-state index >= 15 is 0 Å². The van der Waals surface area contributed by atoms with Crippen LogP contribution in [0.1, 0.15) is 34.1 Å². The number of hydrogen-bond acceptors (Lipinski definition) is 0. The monoisotopic (exact) mass is 130 g/mol. The third-order valence-corrected chi connectivity index (χ3v) is 1.78. The van der Waals surface area contributed by atoms with Crippen LogP contribution in [0.25, 0.3) is 0 Å². The number of rotatable bonds is 2. The fourth-order valence-corrected chi connectivity index (χ4v) is 0.471. The van der Waals surface area contributed by atoms with Crippen LogP contribution in [0.4, 0.5) is 0 Å². The predicted molar refractivity (Wildman–Crippen MR) is 44.2 cm³/mol. The second kappa shape index (κ2) is 5.67. The van der Waals surface area contributed by atoms with Gasteiger partial charge in [0.15, 0.2) is 17.4 Å². The van der Waals surface area contributed by atoms with Crippen LogP contribution in [0, 0.1) is 11.8 Å². The van der Waals surface area contributed by atoms with Gasteiger partial charge in [-0.15, -0.1) is 0 Å². The standard InChI is InChI=1S/C7H16.Al.3H/c1-5-7(4)6(2)3;;;;/h6-7H,5H2,1-4H3;;;;. The minimum absolute atomic E-state index is 0. The molecular formula is C7H19Al. The van der Waals surface area contributed by atoms with E-state index in [0.29, 0.717) is 0 Å². The molecule has 8 heavy (non-hydrogen) atoms. The molecule has 0 amide bonds. The van der Waals surface area contributed by atoms with E-state index in [1.54, 1.807) is 0 Å². The Morgan fingerprint density at radius 3 is 1.50 bits per heavy atom. The highest BCUT2D eigenvalue weighted by Gasteiger charge is 2.01. The summed E-state index contributed by atoms with van der Waals surface area (Å²) in [6.07, 6.45) is 1.32. The van der Waals surface area contributed by atoms with E-state index in [1.165, 1.54) is 6.42 Å². The molecule has 0 aromatic heterocycles. The Bertz CT molecular complexity index is 41.7. The first kappa shape index (κ1) is 11.3. The van der Waals surface area contributed by atoms with Crippen molar-refractivity contribution in [3.05, 3.63) is 0 Å². The zero-order chi connectivity index (χ0) is 5.86. The van der Waals surface area contributed by atoms with Crippen LogP contribution >= 0.6 is 0 Å². The lowest BCUT2D eigenvalue weighted by Gasteiger charge is -2.10. The Morgan fingerprint density at radius 1 is 1.12 bits per heavy atom. The van der Waals surface area contributed by atoms with Gasteiger partial charge < -0.3 is 0 Å². The average molecular weight is 130 g/mol. The van der Waals surface area contributed by atoms with Crippen molar-refractivity contribution in [3.8, 4) is 0 Å². The van der Waals surface area contributed by atoms with Gasteiger partial charge in [-0.2, -0.15) is 0 Å². The molecule has 0 fully saturated rings. The van der Waals surface area contributed by atoms with Gasteiger partial charge in [-0.05, 0) is 11.8 Å². The molecule has 0 nitrogen and oxygen atoms in total. The van der Waals surface area contributed by atoms with E-state index in [9.17, 15) is 0 Å². The summed E-state index contributed by atoms with van der Waals surface area (Å²) in [5.41, 5.74) is 0. The smallest absolute Gasteiger partial charge is 0.0651 e. The largest absolute Gasteiger partial charge is 0.187 e. The van der Waals surface area contributed by atoms with Crippen LogP contribution in [0.5, 0.6) is 0 Å². The normalized spacial score (nSPS) is 13.1. The first-order valence-electron chi connectivity index (χ1n) is 3.18. The van der Waals surface area contributed by atoms with Gasteiger partial charge in [0.05, 0.1) is 0 Å². The molecule has 0 aliphatic rings. The Kier molecular flexibility index (Phi) is 8.03. The van der Waals surface area contributed by atoms with E-state index in [1.807, 2.05) is 0 Å². The van der Waals surface area contributed by atoms with Crippen LogP contribution in [0.3, 0.4) is 0 Å². The molecule has 0 aromatic carbocycles. The van der Waals surface area contributed by atoms with Crippen LogP contribution in [0.2, 0.25) is 0 Å². The van der Waals surface area contributed by atoms with Crippen molar-refractivity contribution in [2.45, 2.75) is 34.1 Å². The van der Waals surface area contributed by atoms with Gasteiger partial charge in [-0.3, -0.25) is 0 Å². The molecule has 50 valence electrons. The Balaban J connectivity index is 0. The molecule has 1 heteroatoms. The average Bonchev–Trinajstić information content (AvgIpc) is 1.65. The molecule has 0 saturated heterocycles. The van der Waals surface area contributed by atoms with Gasteiger partial charge in [-0.1, -0.05) is 34.1 Å². The van der Waals surface area contributed by atoms with Crippen molar-refractivity contribution in [1.29, 1.82) is 0 Å². The van der Waals surface area contributed by atoms with E-state index in [0.717, 1.165) is 11.8 Å². The molecular weight excluding hydrogens is 111 g/mol. The Hall–Kier alpha value is 0.532. The molecule has 0 aliphatic carbocycles. The molecule has 0 spiro atoms. The number of hydrogen-bond donors (Lipinski definition) is 0. The lowest BCUT2D eigenvalue weighted by Crippen LogP contribution is -2.00. The van der Waals surface area contributed by atoms with E-state index in [4.69, 9.17) is 0 Å². The molecule has 0 rings (SSSR count). The quantitative estimate of drug-likeness (QED) is 0.497. The zero-order valence-corrected chi connectivity index (χ0v) is 5.86. The van der Waals surface area contributed by atoms with Gasteiger partial charge in [0.2, 0.25) is 0 Å². The van der Waals surface area contributed by atoms with Crippen molar-refractivity contribution in [2.75, 3.05) is 0 Å². The molecule has 0 aromatic rings. The Labute approximate surface area is 63.8 Å². The van der Waals surface area contributed by atoms with Crippen molar-refractivity contribution >= 4 is 17.4 Å². The van der Waals surface area contributed by atoms with Crippen LogP contribution < -0.4 is 0 Å². The summed E-state index contributed by atoms with van der Waals surface area (Å²) < 4.78 is 0. The molecule has 0 aliphatic heterocycles. The SMILES string of the molecule is CCC(C)C(C)C.[AlH3]. The fourth-order valence-electron chi connectivity index (χ4n) is 0.471. The van der Waals surface area contributed by atoms with E-state index in [-0.39, 0.29) is 17.4 Å². The summed E-state index contributed by atoms with van der Waals surface area (Å²) in [6.45, 7) is 9.08. The zero-order valence-electron chi connectivity index (χ0n) is 5.86. The van der Waals surface area contributed by atoms with Crippen LogP contribution in [0.15, 0.2) is 0 Å². The lowest BCUT2D eigenvalue weighted by molar-refractivity contribution is 0.407. The highest BCUT2D eigenvalue weighted by Crippen LogP contribution is 2.11. The van der Waals surface area contributed by atoms with Gasteiger partial charge in [0.1, 0.15) is 0 Å². The molecule has 1 atom stereocenters. The second-order valence-corrected chi connectivity index (χ2v) is 2.63. The molecule has 0 heterocycles. The summed E-state index contributed by atoms with van der Waals surface area (Å²) in [6, 6.07) is 0. The minimum Gasteiger partial charge on any atom is -0.0651 e. The summed E-state index contributed by atoms with van der Waals surface area (Å²) in [5, 5.41) is 0. The van der Waals surface area contributed by atoms with Crippen LogP contribution in [-0.2, 0) is 0 Å². The van der Waals surface area contributed by atoms with Crippen molar-refractivity contribution < 1.29 is 0 Å². The molecule has 0 bridgehead atoms. The van der Waals surface area contributed by atoms with E-state index < -0.39 is 0 Å². The first-order valence-corrected chi connectivity index (χ1v) is 3.18. The first-order chi connectivity index (χ1) is 3.18. The maximum Gasteiger partial charge on any atom is 0.187 e. The van der Waals surface area contributed by atoms with Gasteiger partial charge in [-0.25, -0.2) is 0 Å². The summed E-state index contributed by atoms with van der Waals surface area (Å²) in [5.74, 6) is 1.77. The maximum atomic E-state index is 2.30.